The molecule has 4 nitrogen and oxygen atoms in total. The summed E-state index contributed by atoms with van der Waals surface area (Å²) in [5.74, 6) is 0.0373. The highest BCUT2D eigenvalue weighted by atomic mass is 16.2. The zero-order chi connectivity index (χ0) is 12.5. The van der Waals surface area contributed by atoms with E-state index in [0.717, 1.165) is 25.1 Å². The molecule has 0 spiro atoms. The molecule has 1 aliphatic heterocycles. The molecule has 0 bridgehead atoms. The number of carbonyl (C=O) groups excluding carboxylic acids is 1. The first-order chi connectivity index (χ1) is 8.75. The van der Waals surface area contributed by atoms with E-state index >= 15 is 0 Å². The first-order valence-corrected chi connectivity index (χ1v) is 6.14. The van der Waals surface area contributed by atoms with Gasteiger partial charge in [0.15, 0.2) is 0 Å². The number of aryl methyl sites for hydroxylation is 2. The zero-order valence-electron chi connectivity index (χ0n) is 10.3. The van der Waals surface area contributed by atoms with E-state index in [9.17, 15) is 4.79 Å². The predicted molar refractivity (Wildman–Crippen MR) is 69.6 cm³/mol. The van der Waals surface area contributed by atoms with Gasteiger partial charge >= 0.3 is 0 Å². The van der Waals surface area contributed by atoms with Crippen molar-refractivity contribution in [2.45, 2.75) is 12.8 Å². The monoisotopic (exact) mass is 241 g/mol. The molecular formula is C14H15N3O. The van der Waals surface area contributed by atoms with Gasteiger partial charge in [-0.1, -0.05) is 18.2 Å². The maximum Gasteiger partial charge on any atom is 0.261 e. The number of aromatic nitrogens is 2. The zero-order valence-corrected chi connectivity index (χ0v) is 10.3. The quantitative estimate of drug-likeness (QED) is 0.766. The molecule has 0 N–H and O–H groups in total. The minimum absolute atomic E-state index is 0.0373. The third-order valence-electron chi connectivity index (χ3n) is 3.31. The Morgan fingerprint density at radius 3 is 2.94 bits per heavy atom. The van der Waals surface area contributed by atoms with E-state index in [-0.39, 0.29) is 5.91 Å². The van der Waals surface area contributed by atoms with E-state index in [2.05, 4.69) is 11.2 Å². The summed E-state index contributed by atoms with van der Waals surface area (Å²) in [6.45, 7) is 0.782. The Hall–Kier alpha value is -2.10. The summed E-state index contributed by atoms with van der Waals surface area (Å²) in [4.78, 5) is 14.3. The van der Waals surface area contributed by atoms with Gasteiger partial charge in [0, 0.05) is 25.5 Å². The van der Waals surface area contributed by atoms with Crippen LogP contribution in [0.2, 0.25) is 0 Å². The molecular weight excluding hydrogens is 226 g/mol. The Bertz CT molecular complexity index is 588. The second kappa shape index (κ2) is 4.29. The summed E-state index contributed by atoms with van der Waals surface area (Å²) in [5, 5.41) is 4.06. The summed E-state index contributed by atoms with van der Waals surface area (Å²) in [5.41, 5.74) is 2.94. The highest BCUT2D eigenvalue weighted by Gasteiger charge is 2.23. The number of rotatable bonds is 1. The van der Waals surface area contributed by atoms with Gasteiger partial charge in [-0.25, -0.2) is 0 Å². The summed E-state index contributed by atoms with van der Waals surface area (Å²) in [7, 11) is 1.82. The van der Waals surface area contributed by atoms with E-state index in [0.29, 0.717) is 5.56 Å². The lowest BCUT2D eigenvalue weighted by molar-refractivity contribution is 0.0985. The van der Waals surface area contributed by atoms with E-state index in [1.165, 1.54) is 5.56 Å². The van der Waals surface area contributed by atoms with Crippen molar-refractivity contribution < 1.29 is 4.79 Å². The third-order valence-corrected chi connectivity index (χ3v) is 3.31. The lowest BCUT2D eigenvalue weighted by atomic mass is 10.0. The first-order valence-electron chi connectivity index (χ1n) is 6.14. The maximum atomic E-state index is 12.4. The molecule has 4 heteroatoms. The van der Waals surface area contributed by atoms with E-state index in [4.69, 9.17) is 0 Å². The highest BCUT2D eigenvalue weighted by Crippen LogP contribution is 2.27. The van der Waals surface area contributed by atoms with E-state index in [1.807, 2.05) is 30.1 Å². The van der Waals surface area contributed by atoms with Crippen LogP contribution in [0.4, 0.5) is 5.69 Å². The number of hydrogen-bond acceptors (Lipinski definition) is 2. The van der Waals surface area contributed by atoms with Gasteiger partial charge in [0.25, 0.3) is 5.91 Å². The number of para-hydroxylation sites is 1. The minimum atomic E-state index is 0.0373. The number of nitrogens with zero attached hydrogens (tertiary/aromatic N) is 3. The van der Waals surface area contributed by atoms with Crippen molar-refractivity contribution in [3.63, 3.8) is 0 Å². The second-order valence-corrected chi connectivity index (χ2v) is 4.59. The number of benzene rings is 1. The van der Waals surface area contributed by atoms with Gasteiger partial charge in [-0.2, -0.15) is 5.10 Å². The molecule has 0 saturated carbocycles. The second-order valence-electron chi connectivity index (χ2n) is 4.59. The highest BCUT2D eigenvalue weighted by molar-refractivity contribution is 6.06. The van der Waals surface area contributed by atoms with Gasteiger partial charge in [-0.05, 0) is 24.5 Å². The van der Waals surface area contributed by atoms with Gasteiger partial charge < -0.3 is 4.90 Å². The van der Waals surface area contributed by atoms with Crippen molar-refractivity contribution in [2.24, 2.45) is 7.05 Å². The van der Waals surface area contributed by atoms with Crippen molar-refractivity contribution in [1.29, 1.82) is 0 Å². The van der Waals surface area contributed by atoms with Gasteiger partial charge in [-0.15, -0.1) is 0 Å². The minimum Gasteiger partial charge on any atom is -0.308 e. The Balaban J connectivity index is 1.96. The maximum absolute atomic E-state index is 12.4. The number of hydrogen-bond donors (Lipinski definition) is 0. The van der Waals surface area contributed by atoms with Crippen molar-refractivity contribution >= 4 is 11.6 Å². The van der Waals surface area contributed by atoms with Gasteiger partial charge in [0.1, 0.15) is 0 Å². The number of carbonyl (C=O) groups is 1. The SMILES string of the molecule is Cn1cc(C(=O)N2CCCc3ccccc32)cn1. The normalized spacial score (nSPS) is 14.4. The van der Waals surface area contributed by atoms with Crippen molar-refractivity contribution in [1.82, 2.24) is 9.78 Å². The molecule has 2 heterocycles. The predicted octanol–water partition coefficient (Wildman–Crippen LogP) is 2.01. The summed E-state index contributed by atoms with van der Waals surface area (Å²) in [6, 6.07) is 8.12. The summed E-state index contributed by atoms with van der Waals surface area (Å²) < 4.78 is 1.66. The molecule has 3 rings (SSSR count). The van der Waals surface area contributed by atoms with Gasteiger partial charge in [-0.3, -0.25) is 9.48 Å². The van der Waals surface area contributed by atoms with Gasteiger partial charge in [0.2, 0.25) is 0 Å². The van der Waals surface area contributed by atoms with Crippen LogP contribution in [0.5, 0.6) is 0 Å². The Morgan fingerprint density at radius 1 is 1.33 bits per heavy atom. The molecule has 0 saturated heterocycles. The van der Waals surface area contributed by atoms with Crippen LogP contribution in [-0.2, 0) is 13.5 Å². The molecule has 1 aliphatic rings. The van der Waals surface area contributed by atoms with Crippen molar-refractivity contribution in [3.05, 3.63) is 47.8 Å². The third kappa shape index (κ3) is 1.79. The molecule has 1 amide bonds. The fourth-order valence-corrected chi connectivity index (χ4v) is 2.43. The van der Waals surface area contributed by atoms with Crippen LogP contribution in [0.1, 0.15) is 22.3 Å². The topological polar surface area (TPSA) is 38.1 Å². The molecule has 0 aliphatic carbocycles. The smallest absolute Gasteiger partial charge is 0.261 e. The fourth-order valence-electron chi connectivity index (χ4n) is 2.43. The average Bonchev–Trinajstić information content (AvgIpc) is 2.84. The molecule has 0 radical (unpaired) electrons. The molecule has 1 aromatic carbocycles. The summed E-state index contributed by atoms with van der Waals surface area (Å²) >= 11 is 0. The number of amides is 1. The molecule has 1 aromatic heterocycles. The van der Waals surface area contributed by atoms with Crippen molar-refractivity contribution in [2.75, 3.05) is 11.4 Å². The van der Waals surface area contributed by atoms with E-state index < -0.39 is 0 Å². The molecule has 0 unspecified atom stereocenters. The largest absolute Gasteiger partial charge is 0.308 e. The molecule has 0 atom stereocenters. The lowest BCUT2D eigenvalue weighted by Gasteiger charge is -2.29. The Labute approximate surface area is 106 Å². The first kappa shape index (κ1) is 11.0. The standard InChI is InChI=1S/C14H15N3O/c1-16-10-12(9-15-16)14(18)17-8-4-6-11-5-2-3-7-13(11)17/h2-3,5,7,9-10H,4,6,8H2,1H3. The van der Waals surface area contributed by atoms with Crippen LogP contribution in [0, 0.1) is 0 Å². The van der Waals surface area contributed by atoms with Crippen LogP contribution in [-0.4, -0.2) is 22.2 Å². The average molecular weight is 241 g/mol. The summed E-state index contributed by atoms with van der Waals surface area (Å²) in [6.07, 6.45) is 5.45. The lowest BCUT2D eigenvalue weighted by Crippen LogP contribution is -2.35. The molecule has 92 valence electrons. The van der Waals surface area contributed by atoms with E-state index in [1.54, 1.807) is 17.1 Å². The fraction of sp³-hybridized carbons (Fsp3) is 0.286. The van der Waals surface area contributed by atoms with Crippen LogP contribution >= 0.6 is 0 Å². The Kier molecular flexibility index (Phi) is 2.63. The van der Waals surface area contributed by atoms with Crippen LogP contribution in [0.15, 0.2) is 36.7 Å². The van der Waals surface area contributed by atoms with Crippen molar-refractivity contribution in [3.8, 4) is 0 Å². The van der Waals surface area contributed by atoms with Crippen LogP contribution < -0.4 is 4.90 Å². The van der Waals surface area contributed by atoms with Crippen LogP contribution in [0.3, 0.4) is 0 Å². The number of anilines is 1. The molecule has 2 aromatic rings. The number of fused-ring (bicyclic) bond motifs is 1. The van der Waals surface area contributed by atoms with Gasteiger partial charge in [0.05, 0.1) is 11.8 Å². The molecule has 0 fully saturated rings. The molecule has 18 heavy (non-hydrogen) atoms. The van der Waals surface area contributed by atoms with Crippen LogP contribution in [0.25, 0.3) is 0 Å². The Morgan fingerprint density at radius 2 is 2.17 bits per heavy atom.